The van der Waals surface area contributed by atoms with Crippen LogP contribution >= 0.6 is 0 Å². The third kappa shape index (κ3) is 5.69. The van der Waals surface area contributed by atoms with Crippen molar-refractivity contribution in [3.05, 3.63) is 176 Å². The van der Waals surface area contributed by atoms with Gasteiger partial charge in [0, 0.05) is 38.6 Å². The number of aromatic nitrogens is 5. The number of oxazole rings is 1. The van der Waals surface area contributed by atoms with Crippen LogP contribution in [0.5, 0.6) is 0 Å². The number of nitrogens with zero attached hydrogens (tertiary/aromatic N) is 5. The van der Waals surface area contributed by atoms with Crippen molar-refractivity contribution in [2.75, 3.05) is 0 Å². The Morgan fingerprint density at radius 1 is 0.302 bits per heavy atom. The van der Waals surface area contributed by atoms with Gasteiger partial charge in [0.25, 0.3) is 0 Å². The number of hydrogen-bond acceptors (Lipinski definition) is 6. The van der Waals surface area contributed by atoms with E-state index in [2.05, 4.69) is 72.8 Å². The van der Waals surface area contributed by atoms with Crippen molar-refractivity contribution in [3.63, 3.8) is 0 Å². The Hall–Kier alpha value is -7.31. The minimum Gasteiger partial charge on any atom is -0.436 e. The minimum atomic E-state index is 0.569. The van der Waals surface area contributed by atoms with Gasteiger partial charge in [0.2, 0.25) is 5.89 Å². The molecule has 0 N–H and O–H groups in total. The summed E-state index contributed by atoms with van der Waals surface area (Å²) in [7, 11) is 0. The minimum absolute atomic E-state index is 0.569. The summed E-state index contributed by atoms with van der Waals surface area (Å²) >= 11 is 0. The van der Waals surface area contributed by atoms with Crippen LogP contribution in [0.4, 0.5) is 0 Å². The molecule has 53 heavy (non-hydrogen) atoms. The molecule has 0 spiro atoms. The van der Waals surface area contributed by atoms with Gasteiger partial charge in [-0.05, 0) is 65.0 Å². The first-order valence-corrected chi connectivity index (χ1v) is 17.5. The molecular weight excluding hydrogens is 651 g/mol. The van der Waals surface area contributed by atoms with Gasteiger partial charge in [-0.25, -0.2) is 24.9 Å². The maximum Gasteiger partial charge on any atom is 0.227 e. The third-order valence-electron chi connectivity index (χ3n) is 9.51. The molecule has 0 saturated heterocycles. The monoisotopic (exact) mass is 679 g/mol. The lowest BCUT2D eigenvalue weighted by molar-refractivity contribution is 0.620. The Bertz CT molecular complexity index is 2880. The standard InChI is InChI=1S/C47H29N5O/c1-4-14-30(15-5-1)44-50-45(31-16-6-2-7-17-31)52-46(51-44)36-27-34(33-24-25-42-41(29-33)49-47(53-42)32-18-8-3-9-19-32)26-35(28-36)43-39-22-11-10-20-37(39)38-21-12-13-23-40(38)48-43/h1-29H. The van der Waals surface area contributed by atoms with E-state index in [0.29, 0.717) is 23.4 Å². The third-order valence-corrected chi connectivity index (χ3v) is 9.51. The first kappa shape index (κ1) is 30.5. The number of pyridine rings is 1. The second-order valence-corrected chi connectivity index (χ2v) is 12.9. The van der Waals surface area contributed by atoms with Crippen LogP contribution in [-0.4, -0.2) is 24.9 Å². The number of para-hydroxylation sites is 1. The fourth-order valence-corrected chi connectivity index (χ4v) is 6.93. The van der Waals surface area contributed by atoms with Gasteiger partial charge in [0.05, 0.1) is 11.2 Å². The number of fused-ring (bicyclic) bond motifs is 4. The smallest absolute Gasteiger partial charge is 0.227 e. The van der Waals surface area contributed by atoms with Crippen LogP contribution in [0.15, 0.2) is 180 Å². The molecule has 3 heterocycles. The van der Waals surface area contributed by atoms with Crippen molar-refractivity contribution in [1.29, 1.82) is 0 Å². The first-order valence-electron chi connectivity index (χ1n) is 17.5. The van der Waals surface area contributed by atoms with Gasteiger partial charge in [0.15, 0.2) is 23.1 Å². The van der Waals surface area contributed by atoms with E-state index in [1.54, 1.807) is 0 Å². The van der Waals surface area contributed by atoms with Crippen molar-refractivity contribution in [2.24, 2.45) is 0 Å². The largest absolute Gasteiger partial charge is 0.436 e. The second kappa shape index (κ2) is 12.8. The molecule has 248 valence electrons. The van der Waals surface area contributed by atoms with Crippen molar-refractivity contribution < 1.29 is 4.42 Å². The highest BCUT2D eigenvalue weighted by Gasteiger charge is 2.18. The van der Waals surface area contributed by atoms with E-state index in [1.807, 2.05) is 103 Å². The van der Waals surface area contributed by atoms with Gasteiger partial charge in [-0.2, -0.15) is 0 Å². The summed E-state index contributed by atoms with van der Waals surface area (Å²) in [5, 5.41) is 3.33. The van der Waals surface area contributed by atoms with Crippen LogP contribution in [0.2, 0.25) is 0 Å². The maximum atomic E-state index is 6.18. The summed E-state index contributed by atoms with van der Waals surface area (Å²) in [5.74, 6) is 2.37. The average molecular weight is 680 g/mol. The molecule has 0 unspecified atom stereocenters. The molecule has 0 atom stereocenters. The molecule has 0 fully saturated rings. The molecule has 3 aromatic heterocycles. The zero-order valence-electron chi connectivity index (χ0n) is 28.4. The van der Waals surface area contributed by atoms with Crippen LogP contribution < -0.4 is 0 Å². The fraction of sp³-hybridized carbons (Fsp3) is 0. The lowest BCUT2D eigenvalue weighted by atomic mass is 9.94. The van der Waals surface area contributed by atoms with Crippen molar-refractivity contribution >= 4 is 32.8 Å². The summed E-state index contributed by atoms with van der Waals surface area (Å²) in [6, 6.07) is 59.5. The highest BCUT2D eigenvalue weighted by Crippen LogP contribution is 2.38. The van der Waals surface area contributed by atoms with Crippen LogP contribution in [0.1, 0.15) is 0 Å². The molecule has 0 aliphatic heterocycles. The van der Waals surface area contributed by atoms with E-state index in [9.17, 15) is 0 Å². The molecule has 0 saturated carbocycles. The van der Waals surface area contributed by atoms with Gasteiger partial charge < -0.3 is 4.42 Å². The Morgan fingerprint density at radius 2 is 0.830 bits per heavy atom. The normalized spacial score (nSPS) is 11.4. The van der Waals surface area contributed by atoms with Gasteiger partial charge in [0.1, 0.15) is 5.52 Å². The van der Waals surface area contributed by atoms with Crippen LogP contribution in [0, 0.1) is 0 Å². The van der Waals surface area contributed by atoms with Crippen molar-refractivity contribution in [1.82, 2.24) is 24.9 Å². The molecule has 0 amide bonds. The van der Waals surface area contributed by atoms with Crippen molar-refractivity contribution in [2.45, 2.75) is 0 Å². The highest BCUT2D eigenvalue weighted by atomic mass is 16.3. The Balaban J connectivity index is 1.22. The molecule has 6 heteroatoms. The van der Waals surface area contributed by atoms with Crippen molar-refractivity contribution in [3.8, 4) is 68.0 Å². The quantitative estimate of drug-likeness (QED) is 0.163. The molecule has 6 nitrogen and oxygen atoms in total. The molecule has 10 aromatic rings. The highest BCUT2D eigenvalue weighted by molar-refractivity contribution is 6.11. The SMILES string of the molecule is c1ccc(-c2nc(-c3ccccc3)nc(-c3cc(-c4ccc5oc(-c6ccccc6)nc5c4)cc(-c4nc5ccccc5c5ccccc45)c3)n2)cc1. The zero-order valence-corrected chi connectivity index (χ0v) is 28.4. The molecular formula is C47H29N5O. The first-order chi connectivity index (χ1) is 26.2. The van der Waals surface area contributed by atoms with Crippen LogP contribution in [0.3, 0.4) is 0 Å². The van der Waals surface area contributed by atoms with E-state index >= 15 is 0 Å². The van der Waals surface area contributed by atoms with E-state index in [1.165, 1.54) is 0 Å². The summed E-state index contributed by atoms with van der Waals surface area (Å²) in [6.07, 6.45) is 0. The van der Waals surface area contributed by atoms with Crippen LogP contribution in [-0.2, 0) is 0 Å². The summed E-state index contributed by atoms with van der Waals surface area (Å²) in [5.41, 5.74) is 9.85. The Morgan fingerprint density at radius 3 is 1.51 bits per heavy atom. The zero-order chi connectivity index (χ0) is 35.1. The summed E-state index contributed by atoms with van der Waals surface area (Å²) < 4.78 is 6.18. The van der Waals surface area contributed by atoms with Gasteiger partial charge in [-0.15, -0.1) is 0 Å². The molecule has 0 aliphatic rings. The number of benzene rings is 7. The van der Waals surface area contributed by atoms with E-state index in [0.717, 1.165) is 77.4 Å². The summed E-state index contributed by atoms with van der Waals surface area (Å²) in [4.78, 5) is 25.3. The molecule has 0 bridgehead atoms. The lowest BCUT2D eigenvalue weighted by Gasteiger charge is -2.14. The van der Waals surface area contributed by atoms with E-state index in [4.69, 9.17) is 29.3 Å². The second-order valence-electron chi connectivity index (χ2n) is 12.9. The summed E-state index contributed by atoms with van der Waals surface area (Å²) in [6.45, 7) is 0. The number of rotatable bonds is 6. The maximum absolute atomic E-state index is 6.18. The number of hydrogen-bond donors (Lipinski definition) is 0. The Kier molecular flexibility index (Phi) is 7.36. The Labute approximate surface area is 305 Å². The van der Waals surface area contributed by atoms with E-state index in [-0.39, 0.29) is 0 Å². The lowest BCUT2D eigenvalue weighted by Crippen LogP contribution is -2.00. The molecule has 7 aromatic carbocycles. The predicted octanol–water partition coefficient (Wildman–Crippen LogP) is 11.7. The van der Waals surface area contributed by atoms with Gasteiger partial charge in [-0.3, -0.25) is 0 Å². The van der Waals surface area contributed by atoms with E-state index < -0.39 is 0 Å². The topological polar surface area (TPSA) is 77.6 Å². The average Bonchev–Trinajstić information content (AvgIpc) is 3.68. The fourth-order valence-electron chi connectivity index (χ4n) is 6.93. The van der Waals surface area contributed by atoms with Gasteiger partial charge in [-0.1, -0.05) is 127 Å². The predicted molar refractivity (Wildman–Crippen MR) is 213 cm³/mol. The molecule has 10 rings (SSSR count). The van der Waals surface area contributed by atoms with Gasteiger partial charge >= 0.3 is 0 Å². The molecule has 0 radical (unpaired) electrons. The van der Waals surface area contributed by atoms with Crippen LogP contribution in [0.25, 0.3) is 101 Å². The molecule has 0 aliphatic carbocycles.